The average Bonchev–Trinajstić information content (AvgIpc) is 2.17. The van der Waals surface area contributed by atoms with Gasteiger partial charge in [-0.25, -0.2) is 0 Å². The number of rotatable bonds is 4. The lowest BCUT2D eigenvalue weighted by Crippen LogP contribution is -2.28. The highest BCUT2D eigenvalue weighted by molar-refractivity contribution is 5.70. The number of carboxylic acids is 1. The normalized spacial score (nSPS) is 13.4. The van der Waals surface area contributed by atoms with Gasteiger partial charge in [0, 0.05) is 12.4 Å². The largest absolute Gasteiger partial charge is 0.481 e. The zero-order valence-corrected chi connectivity index (χ0v) is 10.1. The van der Waals surface area contributed by atoms with Crippen LogP contribution in [0.5, 0.6) is 0 Å². The molecule has 0 aliphatic heterocycles. The number of aromatic nitrogens is 1. The summed E-state index contributed by atoms with van der Waals surface area (Å²) in [5, 5.41) is 9.17. The fraction of sp³-hybridized carbons (Fsp3) is 0.538. The number of hydrogen-bond acceptors (Lipinski definition) is 2. The fourth-order valence-corrected chi connectivity index (χ4v) is 1.79. The van der Waals surface area contributed by atoms with Gasteiger partial charge in [-0.05, 0) is 36.0 Å². The van der Waals surface area contributed by atoms with E-state index in [1.54, 1.807) is 12.4 Å². The minimum Gasteiger partial charge on any atom is -0.481 e. The standard InChI is InChI=1S/C13H19NO2/c1-13(2,3)11(12(15)16)5-4-10-6-8-14-9-7-10/h6-9,11H,4-5H2,1-3H3,(H,15,16). The first kappa shape index (κ1) is 12.7. The molecule has 1 heterocycles. The molecule has 0 saturated carbocycles. The molecule has 0 bridgehead atoms. The first-order valence-electron chi connectivity index (χ1n) is 5.53. The predicted molar refractivity (Wildman–Crippen MR) is 63.1 cm³/mol. The third-order valence-corrected chi connectivity index (χ3v) is 2.81. The van der Waals surface area contributed by atoms with E-state index >= 15 is 0 Å². The van der Waals surface area contributed by atoms with Crippen molar-refractivity contribution in [1.29, 1.82) is 0 Å². The van der Waals surface area contributed by atoms with Gasteiger partial charge in [-0.2, -0.15) is 0 Å². The molecule has 0 aliphatic carbocycles. The van der Waals surface area contributed by atoms with Crippen LogP contribution in [-0.2, 0) is 11.2 Å². The van der Waals surface area contributed by atoms with E-state index in [0.717, 1.165) is 12.0 Å². The smallest absolute Gasteiger partial charge is 0.307 e. The summed E-state index contributed by atoms with van der Waals surface area (Å²) in [4.78, 5) is 15.1. The predicted octanol–water partition coefficient (Wildman–Crippen LogP) is 2.76. The van der Waals surface area contributed by atoms with Crippen molar-refractivity contribution in [2.75, 3.05) is 0 Å². The second-order valence-electron chi connectivity index (χ2n) is 5.15. The molecule has 16 heavy (non-hydrogen) atoms. The molecule has 0 spiro atoms. The molecule has 0 fully saturated rings. The van der Waals surface area contributed by atoms with E-state index in [1.165, 1.54) is 0 Å². The summed E-state index contributed by atoms with van der Waals surface area (Å²) in [5.74, 6) is -1.01. The molecule has 1 unspecified atom stereocenters. The van der Waals surface area contributed by atoms with E-state index < -0.39 is 5.97 Å². The molecule has 1 atom stereocenters. The van der Waals surface area contributed by atoms with Crippen LogP contribution in [0.2, 0.25) is 0 Å². The second-order valence-corrected chi connectivity index (χ2v) is 5.15. The number of carboxylic acid groups (broad SMARTS) is 1. The summed E-state index contributed by atoms with van der Waals surface area (Å²) in [6.45, 7) is 5.91. The van der Waals surface area contributed by atoms with Gasteiger partial charge in [0.1, 0.15) is 0 Å². The summed E-state index contributed by atoms with van der Waals surface area (Å²) >= 11 is 0. The maximum atomic E-state index is 11.2. The number of aliphatic carboxylic acids is 1. The first-order chi connectivity index (χ1) is 7.41. The molecular formula is C13H19NO2. The van der Waals surface area contributed by atoms with Crippen molar-refractivity contribution in [2.24, 2.45) is 11.3 Å². The Hall–Kier alpha value is -1.38. The molecular weight excluding hydrogens is 202 g/mol. The summed E-state index contributed by atoms with van der Waals surface area (Å²) in [6.07, 6.45) is 4.93. The maximum absolute atomic E-state index is 11.2. The zero-order valence-electron chi connectivity index (χ0n) is 10.1. The van der Waals surface area contributed by atoms with E-state index in [0.29, 0.717) is 6.42 Å². The third-order valence-electron chi connectivity index (χ3n) is 2.81. The topological polar surface area (TPSA) is 50.2 Å². The molecule has 3 nitrogen and oxygen atoms in total. The van der Waals surface area contributed by atoms with Crippen LogP contribution in [0.1, 0.15) is 32.8 Å². The van der Waals surface area contributed by atoms with Gasteiger partial charge in [0.2, 0.25) is 0 Å². The van der Waals surface area contributed by atoms with Crippen LogP contribution in [0, 0.1) is 11.3 Å². The van der Waals surface area contributed by atoms with Gasteiger partial charge in [0.15, 0.2) is 0 Å². The van der Waals surface area contributed by atoms with Gasteiger partial charge in [-0.3, -0.25) is 9.78 Å². The Morgan fingerprint density at radius 3 is 2.38 bits per heavy atom. The summed E-state index contributed by atoms with van der Waals surface area (Å²) < 4.78 is 0. The molecule has 0 amide bonds. The molecule has 0 aliphatic rings. The molecule has 0 aromatic carbocycles. The van der Waals surface area contributed by atoms with Crippen LogP contribution in [0.3, 0.4) is 0 Å². The Morgan fingerprint density at radius 1 is 1.38 bits per heavy atom. The van der Waals surface area contributed by atoms with E-state index in [9.17, 15) is 9.90 Å². The van der Waals surface area contributed by atoms with Crippen molar-refractivity contribution < 1.29 is 9.90 Å². The molecule has 88 valence electrons. The average molecular weight is 221 g/mol. The van der Waals surface area contributed by atoms with Crippen LogP contribution >= 0.6 is 0 Å². The molecule has 0 saturated heterocycles. The Kier molecular flexibility index (Phi) is 4.05. The maximum Gasteiger partial charge on any atom is 0.307 e. The lowest BCUT2D eigenvalue weighted by Gasteiger charge is -2.26. The first-order valence-corrected chi connectivity index (χ1v) is 5.53. The fourth-order valence-electron chi connectivity index (χ4n) is 1.79. The number of aryl methyl sites for hydroxylation is 1. The molecule has 0 radical (unpaired) electrons. The highest BCUT2D eigenvalue weighted by Crippen LogP contribution is 2.29. The molecule has 1 rings (SSSR count). The molecule has 3 heteroatoms. The Balaban J connectivity index is 2.62. The van der Waals surface area contributed by atoms with Gasteiger partial charge in [-0.1, -0.05) is 20.8 Å². The molecule has 1 N–H and O–H groups in total. The van der Waals surface area contributed by atoms with Crippen LogP contribution in [-0.4, -0.2) is 16.1 Å². The van der Waals surface area contributed by atoms with Crippen molar-refractivity contribution in [2.45, 2.75) is 33.6 Å². The van der Waals surface area contributed by atoms with Gasteiger partial charge >= 0.3 is 5.97 Å². The summed E-state index contributed by atoms with van der Waals surface area (Å²) in [5.41, 5.74) is 0.948. The Morgan fingerprint density at radius 2 is 1.94 bits per heavy atom. The van der Waals surface area contributed by atoms with Crippen molar-refractivity contribution in [3.63, 3.8) is 0 Å². The molecule has 1 aromatic rings. The lowest BCUT2D eigenvalue weighted by atomic mass is 9.77. The number of pyridine rings is 1. The number of carbonyl (C=O) groups is 1. The van der Waals surface area contributed by atoms with Crippen molar-refractivity contribution in [3.8, 4) is 0 Å². The van der Waals surface area contributed by atoms with Gasteiger partial charge in [0.05, 0.1) is 5.92 Å². The van der Waals surface area contributed by atoms with Crippen LogP contribution in [0.4, 0.5) is 0 Å². The second kappa shape index (κ2) is 5.10. The summed E-state index contributed by atoms with van der Waals surface area (Å²) in [7, 11) is 0. The molecule has 1 aromatic heterocycles. The van der Waals surface area contributed by atoms with E-state index in [2.05, 4.69) is 4.98 Å². The highest BCUT2D eigenvalue weighted by atomic mass is 16.4. The van der Waals surface area contributed by atoms with Crippen molar-refractivity contribution in [1.82, 2.24) is 4.98 Å². The van der Waals surface area contributed by atoms with Crippen LogP contribution < -0.4 is 0 Å². The van der Waals surface area contributed by atoms with Crippen molar-refractivity contribution >= 4 is 5.97 Å². The van der Waals surface area contributed by atoms with Crippen LogP contribution in [0.15, 0.2) is 24.5 Å². The Labute approximate surface area is 96.5 Å². The van der Waals surface area contributed by atoms with Gasteiger partial charge in [0.25, 0.3) is 0 Å². The van der Waals surface area contributed by atoms with E-state index in [4.69, 9.17) is 0 Å². The van der Waals surface area contributed by atoms with Gasteiger partial charge in [-0.15, -0.1) is 0 Å². The number of hydrogen-bond donors (Lipinski definition) is 1. The van der Waals surface area contributed by atoms with Gasteiger partial charge < -0.3 is 5.11 Å². The van der Waals surface area contributed by atoms with E-state index in [1.807, 2.05) is 32.9 Å². The summed E-state index contributed by atoms with van der Waals surface area (Å²) in [6, 6.07) is 3.86. The highest BCUT2D eigenvalue weighted by Gasteiger charge is 2.30. The Bertz CT molecular complexity index is 341. The quantitative estimate of drug-likeness (QED) is 0.850. The minimum absolute atomic E-state index is 0.196. The monoisotopic (exact) mass is 221 g/mol. The van der Waals surface area contributed by atoms with Crippen molar-refractivity contribution in [3.05, 3.63) is 30.1 Å². The van der Waals surface area contributed by atoms with Crippen LogP contribution in [0.25, 0.3) is 0 Å². The SMILES string of the molecule is CC(C)(C)C(CCc1ccncc1)C(=O)O. The zero-order chi connectivity index (χ0) is 12.2. The lowest BCUT2D eigenvalue weighted by molar-refractivity contribution is -0.145. The van der Waals surface area contributed by atoms with E-state index in [-0.39, 0.29) is 11.3 Å². The minimum atomic E-state index is -0.707. The third kappa shape index (κ3) is 3.65. The number of nitrogens with zero attached hydrogens (tertiary/aromatic N) is 1.